The summed E-state index contributed by atoms with van der Waals surface area (Å²) in [6.45, 7) is 5.19. The van der Waals surface area contributed by atoms with Gasteiger partial charge in [-0.15, -0.1) is 0 Å². The van der Waals surface area contributed by atoms with Crippen LogP contribution in [0, 0.1) is 0 Å². The Morgan fingerprint density at radius 3 is 2.36 bits per heavy atom. The van der Waals surface area contributed by atoms with Crippen LogP contribution < -0.4 is 5.73 Å². The Balaban J connectivity index is 2.20. The Hall–Kier alpha value is -2.21. The molecule has 0 aromatic heterocycles. The minimum atomic E-state index is -1.71. The first-order valence-electron chi connectivity index (χ1n) is 7.09. The molecular formula is C16H20N2O4. The highest BCUT2D eigenvalue weighted by molar-refractivity contribution is 6.21. The van der Waals surface area contributed by atoms with E-state index in [1.54, 1.807) is 51.1 Å². The Labute approximate surface area is 129 Å². The maximum Gasteiger partial charge on any atom is 0.417 e. The van der Waals surface area contributed by atoms with E-state index in [1.165, 1.54) is 0 Å². The van der Waals surface area contributed by atoms with Crippen LogP contribution >= 0.6 is 0 Å². The molecule has 1 atom stereocenters. The molecule has 1 saturated heterocycles. The first-order chi connectivity index (χ1) is 10.1. The van der Waals surface area contributed by atoms with Crippen molar-refractivity contribution in [3.63, 3.8) is 0 Å². The van der Waals surface area contributed by atoms with Gasteiger partial charge in [-0.2, -0.15) is 0 Å². The number of hydrogen-bond donors (Lipinski definition) is 1. The van der Waals surface area contributed by atoms with Crippen LogP contribution in [0.2, 0.25) is 0 Å². The molecule has 1 fully saturated rings. The summed E-state index contributed by atoms with van der Waals surface area (Å²) >= 11 is 0. The molecule has 0 radical (unpaired) electrons. The molecule has 2 amide bonds. The number of nitrogens with two attached hydrogens (primary N) is 1. The summed E-state index contributed by atoms with van der Waals surface area (Å²) < 4.78 is 5.17. The van der Waals surface area contributed by atoms with Crippen molar-refractivity contribution in [2.75, 3.05) is 6.54 Å². The summed E-state index contributed by atoms with van der Waals surface area (Å²) in [5.41, 5.74) is 3.94. The largest absolute Gasteiger partial charge is 0.443 e. The quantitative estimate of drug-likeness (QED) is 0.664. The van der Waals surface area contributed by atoms with Crippen LogP contribution in [0.1, 0.15) is 37.6 Å². The van der Waals surface area contributed by atoms with Gasteiger partial charge in [0.1, 0.15) is 5.60 Å². The molecule has 118 valence electrons. The average molecular weight is 304 g/mol. The van der Waals surface area contributed by atoms with Gasteiger partial charge in [0.25, 0.3) is 5.91 Å². The number of ether oxygens (including phenoxy) is 1. The molecule has 1 heterocycles. The molecule has 0 bridgehead atoms. The van der Waals surface area contributed by atoms with Gasteiger partial charge in [-0.1, -0.05) is 30.3 Å². The van der Waals surface area contributed by atoms with Crippen LogP contribution in [0.4, 0.5) is 4.79 Å². The monoisotopic (exact) mass is 304 g/mol. The Morgan fingerprint density at radius 2 is 1.82 bits per heavy atom. The van der Waals surface area contributed by atoms with E-state index < -0.39 is 28.9 Å². The maximum atomic E-state index is 12.5. The summed E-state index contributed by atoms with van der Waals surface area (Å²) in [7, 11) is 0. The molecule has 2 rings (SSSR count). The molecule has 22 heavy (non-hydrogen) atoms. The lowest BCUT2D eigenvalue weighted by molar-refractivity contribution is -0.130. The molecule has 1 aliphatic rings. The van der Waals surface area contributed by atoms with E-state index in [9.17, 15) is 14.4 Å². The molecule has 0 spiro atoms. The minimum absolute atomic E-state index is 0.0722. The Morgan fingerprint density at radius 1 is 1.23 bits per heavy atom. The van der Waals surface area contributed by atoms with Crippen molar-refractivity contribution in [1.29, 1.82) is 0 Å². The molecule has 1 aromatic carbocycles. The van der Waals surface area contributed by atoms with Crippen LogP contribution in [0.15, 0.2) is 30.3 Å². The lowest BCUT2D eigenvalue weighted by Crippen LogP contribution is -2.55. The number of carbonyl (C=O) groups excluding carboxylic acids is 3. The van der Waals surface area contributed by atoms with Gasteiger partial charge in [-0.25, -0.2) is 9.69 Å². The second kappa shape index (κ2) is 5.53. The van der Waals surface area contributed by atoms with Gasteiger partial charge in [-0.3, -0.25) is 9.59 Å². The number of rotatable bonds is 2. The third-order valence-corrected chi connectivity index (χ3v) is 3.41. The van der Waals surface area contributed by atoms with Crippen LogP contribution in [-0.4, -0.2) is 40.4 Å². The molecule has 1 aliphatic heterocycles. The highest BCUT2D eigenvalue weighted by Gasteiger charge is 2.52. The van der Waals surface area contributed by atoms with Gasteiger partial charge >= 0.3 is 6.09 Å². The fraction of sp³-hybridized carbons (Fsp3) is 0.438. The molecular weight excluding hydrogens is 284 g/mol. The zero-order valence-corrected chi connectivity index (χ0v) is 13.0. The van der Waals surface area contributed by atoms with E-state index in [-0.39, 0.29) is 13.0 Å². The predicted molar refractivity (Wildman–Crippen MR) is 80.3 cm³/mol. The summed E-state index contributed by atoms with van der Waals surface area (Å²) in [5, 5.41) is 0. The second-order valence-corrected chi connectivity index (χ2v) is 6.35. The molecule has 0 saturated carbocycles. The van der Waals surface area contributed by atoms with E-state index in [2.05, 4.69) is 0 Å². The van der Waals surface area contributed by atoms with Crippen molar-refractivity contribution in [2.24, 2.45) is 5.73 Å². The molecule has 6 nitrogen and oxygen atoms in total. The molecule has 0 aliphatic carbocycles. The van der Waals surface area contributed by atoms with Crippen molar-refractivity contribution in [3.8, 4) is 0 Å². The summed E-state index contributed by atoms with van der Waals surface area (Å²) in [6, 6.07) is 8.35. The first-order valence-corrected chi connectivity index (χ1v) is 7.09. The number of Topliss-reactive ketones (excluding diaryl/α,β-unsaturated/α-hetero) is 1. The number of nitrogens with zero attached hydrogens (tertiary/aromatic N) is 1. The molecule has 6 heteroatoms. The van der Waals surface area contributed by atoms with E-state index in [0.717, 1.165) is 4.90 Å². The smallest absolute Gasteiger partial charge is 0.417 e. The number of ketones is 1. The van der Waals surface area contributed by atoms with Gasteiger partial charge in [-0.05, 0) is 20.8 Å². The lowest BCUT2D eigenvalue weighted by Gasteiger charge is -2.25. The van der Waals surface area contributed by atoms with Crippen molar-refractivity contribution in [3.05, 3.63) is 35.9 Å². The van der Waals surface area contributed by atoms with E-state index in [1.807, 2.05) is 0 Å². The fourth-order valence-electron chi connectivity index (χ4n) is 2.29. The van der Waals surface area contributed by atoms with E-state index in [0.29, 0.717) is 5.56 Å². The number of carbonyl (C=O) groups is 3. The molecule has 2 N–H and O–H groups in total. The van der Waals surface area contributed by atoms with Crippen LogP contribution in [0.5, 0.6) is 0 Å². The molecule has 1 aromatic rings. The van der Waals surface area contributed by atoms with E-state index >= 15 is 0 Å². The standard InChI is InChI=1S/C16H20N2O4/c1-15(2,3)22-14(21)18-10-9-16(17,13(18)20)12(19)11-7-5-4-6-8-11/h4-8H,9-10,17H2,1-3H3. The third-order valence-electron chi connectivity index (χ3n) is 3.41. The number of likely N-dealkylation sites (tertiary alicyclic amines) is 1. The van der Waals surface area contributed by atoms with Gasteiger partial charge in [0.2, 0.25) is 0 Å². The maximum absolute atomic E-state index is 12.5. The average Bonchev–Trinajstić information content (AvgIpc) is 2.75. The van der Waals surface area contributed by atoms with Crippen LogP contribution in [0.3, 0.4) is 0 Å². The summed E-state index contributed by atoms with van der Waals surface area (Å²) in [5.74, 6) is -1.19. The zero-order chi connectivity index (χ0) is 16.5. The van der Waals surface area contributed by atoms with Gasteiger partial charge < -0.3 is 10.5 Å². The normalized spacial score (nSPS) is 21.8. The van der Waals surface area contributed by atoms with Gasteiger partial charge in [0.05, 0.1) is 0 Å². The van der Waals surface area contributed by atoms with Gasteiger partial charge in [0, 0.05) is 18.5 Å². The van der Waals surface area contributed by atoms with Crippen molar-refractivity contribution in [2.45, 2.75) is 38.3 Å². The van der Waals surface area contributed by atoms with Crippen LogP contribution in [0.25, 0.3) is 0 Å². The molecule has 1 unspecified atom stereocenters. The number of amides is 2. The highest BCUT2D eigenvalue weighted by atomic mass is 16.6. The summed E-state index contributed by atoms with van der Waals surface area (Å²) in [6.07, 6.45) is -0.690. The van der Waals surface area contributed by atoms with E-state index in [4.69, 9.17) is 10.5 Å². The predicted octanol–water partition coefficient (Wildman–Crippen LogP) is 1.73. The topological polar surface area (TPSA) is 89.7 Å². The van der Waals surface area contributed by atoms with Crippen molar-refractivity contribution >= 4 is 17.8 Å². The fourth-order valence-corrected chi connectivity index (χ4v) is 2.29. The number of imide groups is 1. The van der Waals surface area contributed by atoms with Crippen molar-refractivity contribution in [1.82, 2.24) is 4.90 Å². The minimum Gasteiger partial charge on any atom is -0.443 e. The highest BCUT2D eigenvalue weighted by Crippen LogP contribution is 2.26. The second-order valence-electron chi connectivity index (χ2n) is 6.35. The number of benzene rings is 1. The lowest BCUT2D eigenvalue weighted by atomic mass is 9.89. The summed E-state index contributed by atoms with van der Waals surface area (Å²) in [4.78, 5) is 37.9. The van der Waals surface area contributed by atoms with Gasteiger partial charge in [0.15, 0.2) is 11.3 Å². The number of hydrogen-bond acceptors (Lipinski definition) is 5. The zero-order valence-electron chi connectivity index (χ0n) is 13.0. The Bertz CT molecular complexity index is 606. The SMILES string of the molecule is CC(C)(C)OC(=O)N1CCC(N)(C(=O)c2ccccc2)C1=O. The van der Waals surface area contributed by atoms with Crippen molar-refractivity contribution < 1.29 is 19.1 Å². The third kappa shape index (κ3) is 3.01. The first kappa shape index (κ1) is 16.2. The Kier molecular flexibility index (Phi) is 4.06. The van der Waals surface area contributed by atoms with Crippen LogP contribution in [-0.2, 0) is 9.53 Å².